The maximum absolute atomic E-state index is 4.29. The van der Waals surface area contributed by atoms with Gasteiger partial charge in [-0.25, -0.2) is 0 Å². The minimum absolute atomic E-state index is 0.765. The monoisotopic (exact) mass is 397 g/mol. The molecule has 0 aliphatic rings. The molecule has 0 heterocycles. The molecule has 0 spiro atoms. The summed E-state index contributed by atoms with van der Waals surface area (Å²) in [6.07, 6.45) is 29.2. The molecule has 27 heavy (non-hydrogen) atoms. The van der Waals surface area contributed by atoms with Gasteiger partial charge in [-0.2, -0.15) is 0 Å². The molecule has 0 atom stereocenters. The van der Waals surface area contributed by atoms with Gasteiger partial charge in [0, 0.05) is 7.26 Å². The lowest BCUT2D eigenvalue weighted by Gasteiger charge is -2.28. The van der Waals surface area contributed by atoms with Gasteiger partial charge in [0.05, 0.1) is 24.6 Å². The normalized spacial score (nSPS) is 11.9. The second kappa shape index (κ2) is 19.5. The first-order valence-electron chi connectivity index (χ1n) is 12.6. The molecule has 0 aromatic carbocycles. The maximum Gasteiger partial charge on any atom is 0.0797 e. The first-order chi connectivity index (χ1) is 13.1. The fourth-order valence-electron chi connectivity index (χ4n) is 4.42. The van der Waals surface area contributed by atoms with Gasteiger partial charge < -0.3 is 0 Å². The number of hydrogen-bond acceptors (Lipinski definition) is 0. The summed E-state index contributed by atoms with van der Waals surface area (Å²) in [6, 6.07) is 0. The van der Waals surface area contributed by atoms with Crippen molar-refractivity contribution in [2.24, 2.45) is 0 Å². The molecule has 0 saturated carbocycles. The molecule has 0 aromatic rings. The van der Waals surface area contributed by atoms with Crippen molar-refractivity contribution < 1.29 is 0 Å². The third-order valence-corrected chi connectivity index (χ3v) is 11.1. The van der Waals surface area contributed by atoms with E-state index in [1.165, 1.54) is 127 Å². The molecule has 1 heteroatoms. The first kappa shape index (κ1) is 27.2. The molecule has 162 valence electrons. The van der Waals surface area contributed by atoms with E-state index in [2.05, 4.69) is 34.3 Å². The van der Waals surface area contributed by atoms with Gasteiger partial charge in [-0.3, -0.25) is 0 Å². The van der Waals surface area contributed by atoms with Gasteiger partial charge in [0.1, 0.15) is 0 Å². The van der Waals surface area contributed by atoms with E-state index >= 15 is 0 Å². The van der Waals surface area contributed by atoms with Crippen molar-refractivity contribution in [3.8, 4) is 0 Å². The highest BCUT2D eigenvalue weighted by molar-refractivity contribution is 7.76. The fourth-order valence-corrected chi connectivity index (χ4v) is 9.58. The molecule has 0 unspecified atom stereocenters. The van der Waals surface area contributed by atoms with Gasteiger partial charge in [-0.1, -0.05) is 104 Å². The summed E-state index contributed by atoms with van der Waals surface area (Å²) in [7, 11) is -0.765. The zero-order valence-electron chi connectivity index (χ0n) is 19.8. The predicted molar refractivity (Wildman–Crippen MR) is 132 cm³/mol. The van der Waals surface area contributed by atoms with Gasteiger partial charge in [0.2, 0.25) is 0 Å². The lowest BCUT2D eigenvalue weighted by Crippen LogP contribution is -2.13. The summed E-state index contributed by atoms with van der Waals surface area (Å²) >= 11 is 0. The lowest BCUT2D eigenvalue weighted by molar-refractivity contribution is 0.548. The molecular weight excluding hydrogens is 343 g/mol. The summed E-state index contributed by atoms with van der Waals surface area (Å²) < 4.78 is 0. The van der Waals surface area contributed by atoms with E-state index in [-0.39, 0.29) is 0 Å². The van der Waals surface area contributed by atoms with Crippen LogP contribution in [0.2, 0.25) is 0 Å². The Labute approximate surface area is 174 Å². The van der Waals surface area contributed by atoms with Gasteiger partial charge in [0.25, 0.3) is 0 Å². The number of allylic oxidation sites excluding steroid dienone is 1. The molecule has 0 aliphatic carbocycles. The van der Waals surface area contributed by atoms with Crippen LogP contribution < -0.4 is 0 Å². The zero-order valence-corrected chi connectivity index (χ0v) is 20.7. The summed E-state index contributed by atoms with van der Waals surface area (Å²) in [5, 5.41) is 0. The highest BCUT2D eigenvalue weighted by Crippen LogP contribution is 2.61. The largest absolute Gasteiger partial charge is 0.0965 e. The second-order valence-corrected chi connectivity index (χ2v) is 13.6. The van der Waals surface area contributed by atoms with Crippen LogP contribution in [0.15, 0.2) is 12.2 Å². The first-order valence-corrected chi connectivity index (χ1v) is 15.1. The van der Waals surface area contributed by atoms with Crippen molar-refractivity contribution in [1.29, 1.82) is 0 Å². The Kier molecular flexibility index (Phi) is 19.6. The van der Waals surface area contributed by atoms with Crippen molar-refractivity contribution in [3.05, 3.63) is 12.2 Å². The van der Waals surface area contributed by atoms with E-state index in [9.17, 15) is 0 Å². The molecule has 0 rings (SSSR count). The van der Waals surface area contributed by atoms with Gasteiger partial charge >= 0.3 is 0 Å². The Hall–Kier alpha value is 0.170. The summed E-state index contributed by atoms with van der Waals surface area (Å²) in [5.41, 5.74) is 1.45. The van der Waals surface area contributed by atoms with Crippen LogP contribution in [-0.2, 0) is 0 Å². The van der Waals surface area contributed by atoms with E-state index in [0.717, 1.165) is 0 Å². The highest BCUT2D eigenvalue weighted by atomic mass is 31.2. The van der Waals surface area contributed by atoms with Crippen LogP contribution in [0.5, 0.6) is 0 Å². The highest BCUT2D eigenvalue weighted by Gasteiger charge is 2.35. The van der Waals surface area contributed by atoms with Crippen LogP contribution in [-0.4, -0.2) is 24.6 Å². The molecule has 0 radical (unpaired) electrons. The van der Waals surface area contributed by atoms with E-state index in [1.54, 1.807) is 6.16 Å². The van der Waals surface area contributed by atoms with Crippen molar-refractivity contribution in [3.63, 3.8) is 0 Å². The molecule has 0 N–H and O–H groups in total. The summed E-state index contributed by atoms with van der Waals surface area (Å²) in [5.74, 6) is 0. The van der Waals surface area contributed by atoms with Crippen LogP contribution in [0.4, 0.5) is 0 Å². The SMILES string of the molecule is C=C(C)C[P+](CCCC)(CCCC)CCCCCCCCCCCCCC. The average Bonchev–Trinajstić information content (AvgIpc) is 2.65. The molecule has 0 aromatic heterocycles. The summed E-state index contributed by atoms with van der Waals surface area (Å²) in [6.45, 7) is 13.6. The Morgan fingerprint density at radius 2 is 0.852 bits per heavy atom. The summed E-state index contributed by atoms with van der Waals surface area (Å²) in [4.78, 5) is 0. The van der Waals surface area contributed by atoms with E-state index in [4.69, 9.17) is 0 Å². The third kappa shape index (κ3) is 16.8. The topological polar surface area (TPSA) is 0 Å². The van der Waals surface area contributed by atoms with Crippen molar-refractivity contribution in [2.75, 3.05) is 24.6 Å². The second-order valence-electron chi connectivity index (χ2n) is 9.22. The molecule has 0 aliphatic heterocycles. The number of rotatable bonds is 21. The Morgan fingerprint density at radius 1 is 0.519 bits per heavy atom. The van der Waals surface area contributed by atoms with Crippen LogP contribution in [0.3, 0.4) is 0 Å². The van der Waals surface area contributed by atoms with Gasteiger partial charge in [-0.15, -0.1) is 0 Å². The Morgan fingerprint density at radius 3 is 1.22 bits per heavy atom. The number of unbranched alkanes of at least 4 members (excludes halogenated alkanes) is 13. The molecule has 0 amide bonds. The Bertz CT molecular complexity index is 312. The fraction of sp³-hybridized carbons (Fsp3) is 0.923. The molecule has 0 nitrogen and oxygen atoms in total. The molecular formula is C26H54P+. The third-order valence-electron chi connectivity index (χ3n) is 6.06. The predicted octanol–water partition coefficient (Wildman–Crippen LogP) is 9.88. The van der Waals surface area contributed by atoms with Crippen LogP contribution in [0, 0.1) is 0 Å². The van der Waals surface area contributed by atoms with Gasteiger partial charge in [0.15, 0.2) is 0 Å². The van der Waals surface area contributed by atoms with Crippen LogP contribution >= 0.6 is 7.26 Å². The van der Waals surface area contributed by atoms with Crippen LogP contribution in [0.1, 0.15) is 130 Å². The smallest absolute Gasteiger partial charge is 0.0797 e. The standard InChI is InChI=1S/C26H54P/c1-6-9-12-13-14-15-16-17-18-19-20-21-24-27(22-10-7-2,23-11-8-3)25-26(4)5/h4,6-25H2,1-3,5H3/q+1. The quantitative estimate of drug-likeness (QED) is 0.103. The van der Waals surface area contributed by atoms with Gasteiger partial charge in [-0.05, 0) is 38.2 Å². The van der Waals surface area contributed by atoms with Crippen molar-refractivity contribution in [1.82, 2.24) is 0 Å². The van der Waals surface area contributed by atoms with Crippen molar-refractivity contribution >= 4 is 7.26 Å². The van der Waals surface area contributed by atoms with Crippen molar-refractivity contribution in [2.45, 2.75) is 130 Å². The minimum Gasteiger partial charge on any atom is -0.0965 e. The maximum atomic E-state index is 4.29. The Balaban J connectivity index is 3.95. The van der Waals surface area contributed by atoms with E-state index < -0.39 is 7.26 Å². The van der Waals surface area contributed by atoms with Crippen LogP contribution in [0.25, 0.3) is 0 Å². The van der Waals surface area contributed by atoms with E-state index in [0.29, 0.717) is 0 Å². The number of hydrogen-bond donors (Lipinski definition) is 0. The minimum atomic E-state index is -0.765. The molecule has 0 fully saturated rings. The average molecular weight is 398 g/mol. The molecule has 0 saturated heterocycles. The lowest BCUT2D eigenvalue weighted by atomic mass is 10.1. The zero-order chi connectivity index (χ0) is 20.2. The molecule has 0 bridgehead atoms. The van der Waals surface area contributed by atoms with E-state index in [1.807, 2.05) is 0 Å².